The molecular weight excluding hydrogens is 284 g/mol. The minimum absolute atomic E-state index is 0.425. The Hall–Kier alpha value is -2.32. The largest absolute Gasteiger partial charge is 0.480 e. The summed E-state index contributed by atoms with van der Waals surface area (Å²) in [4.78, 5) is 47.6. The minimum atomic E-state index is -1.20. The van der Waals surface area contributed by atoms with Crippen molar-refractivity contribution in [3.63, 3.8) is 0 Å². The van der Waals surface area contributed by atoms with Gasteiger partial charge < -0.3 is 24.4 Å². The number of carbonyl (C=O) groups is 4. The number of urea groups is 1. The quantitative estimate of drug-likeness (QED) is 0.634. The van der Waals surface area contributed by atoms with Crippen LogP contribution in [0.4, 0.5) is 4.79 Å². The van der Waals surface area contributed by atoms with E-state index in [4.69, 9.17) is 5.11 Å². The molecule has 2 amide bonds. The highest BCUT2D eigenvalue weighted by Gasteiger charge is 2.28. The second-order valence-corrected chi connectivity index (χ2v) is 4.41. The van der Waals surface area contributed by atoms with Crippen LogP contribution >= 0.6 is 0 Å². The second kappa shape index (κ2) is 8.77. The van der Waals surface area contributed by atoms with Gasteiger partial charge in [0.25, 0.3) is 0 Å². The maximum atomic E-state index is 12.3. The minimum Gasteiger partial charge on any atom is -0.480 e. The van der Waals surface area contributed by atoms with Crippen LogP contribution in [0.1, 0.15) is 13.8 Å². The molecule has 0 bridgehead atoms. The molecular formula is C12H20N2O7. The van der Waals surface area contributed by atoms with Gasteiger partial charge in [-0.2, -0.15) is 0 Å². The number of carboxylic acid groups (broad SMARTS) is 1. The average molecular weight is 304 g/mol. The van der Waals surface area contributed by atoms with Crippen molar-refractivity contribution in [1.29, 1.82) is 0 Å². The van der Waals surface area contributed by atoms with Crippen molar-refractivity contribution in [1.82, 2.24) is 9.80 Å². The van der Waals surface area contributed by atoms with Crippen LogP contribution in [0.2, 0.25) is 0 Å². The maximum Gasteiger partial charge on any atom is 0.325 e. The maximum absolute atomic E-state index is 12.3. The summed E-state index contributed by atoms with van der Waals surface area (Å²) < 4.78 is 8.90. The zero-order valence-electron chi connectivity index (χ0n) is 12.5. The third kappa shape index (κ3) is 6.59. The summed E-state index contributed by atoms with van der Waals surface area (Å²) in [5.74, 6) is -2.66. The lowest BCUT2D eigenvalue weighted by Crippen LogP contribution is -2.51. The van der Waals surface area contributed by atoms with E-state index in [9.17, 15) is 19.2 Å². The van der Waals surface area contributed by atoms with Crippen molar-refractivity contribution in [2.45, 2.75) is 19.9 Å². The van der Waals surface area contributed by atoms with Gasteiger partial charge in [-0.05, 0) is 13.8 Å². The summed E-state index contributed by atoms with van der Waals surface area (Å²) >= 11 is 0. The number of hydrogen-bond acceptors (Lipinski definition) is 6. The van der Waals surface area contributed by atoms with Crippen molar-refractivity contribution in [3.8, 4) is 0 Å². The van der Waals surface area contributed by atoms with Crippen LogP contribution in [-0.2, 0) is 23.9 Å². The molecule has 21 heavy (non-hydrogen) atoms. The summed E-state index contributed by atoms with van der Waals surface area (Å²) in [6.07, 6.45) is 0. The lowest BCUT2D eigenvalue weighted by Gasteiger charge is -2.31. The van der Waals surface area contributed by atoms with Crippen LogP contribution in [-0.4, -0.2) is 78.7 Å². The van der Waals surface area contributed by atoms with Gasteiger partial charge in [-0.25, -0.2) is 4.79 Å². The molecule has 0 unspecified atom stereocenters. The highest BCUT2D eigenvalue weighted by atomic mass is 16.5. The fraction of sp³-hybridized carbons (Fsp3) is 0.667. The predicted molar refractivity (Wildman–Crippen MR) is 70.5 cm³/mol. The number of ether oxygens (including phenoxy) is 2. The molecule has 9 heteroatoms. The van der Waals surface area contributed by atoms with E-state index in [1.54, 1.807) is 13.8 Å². The van der Waals surface area contributed by atoms with E-state index in [0.29, 0.717) is 0 Å². The smallest absolute Gasteiger partial charge is 0.325 e. The Balaban J connectivity index is 5.15. The van der Waals surface area contributed by atoms with Gasteiger partial charge in [0.05, 0.1) is 14.2 Å². The summed E-state index contributed by atoms with van der Waals surface area (Å²) in [5, 5.41) is 8.82. The molecule has 0 rings (SSSR count). The van der Waals surface area contributed by atoms with Crippen LogP contribution in [0, 0.1) is 0 Å². The number of carboxylic acids is 1. The summed E-state index contributed by atoms with van der Waals surface area (Å²) in [5.41, 5.74) is 0. The molecule has 9 nitrogen and oxygen atoms in total. The van der Waals surface area contributed by atoms with Gasteiger partial charge in [-0.1, -0.05) is 0 Å². The van der Waals surface area contributed by atoms with Crippen molar-refractivity contribution in [2.24, 2.45) is 0 Å². The highest BCUT2D eigenvalue weighted by Crippen LogP contribution is 2.05. The predicted octanol–water partition coefficient (Wildman–Crippen LogP) is -0.451. The Morgan fingerprint density at radius 1 is 0.952 bits per heavy atom. The van der Waals surface area contributed by atoms with Crippen molar-refractivity contribution < 1.29 is 33.8 Å². The first-order valence-electron chi connectivity index (χ1n) is 6.13. The number of hydrogen-bond donors (Lipinski definition) is 1. The van der Waals surface area contributed by atoms with Crippen molar-refractivity contribution in [3.05, 3.63) is 0 Å². The summed E-state index contributed by atoms with van der Waals surface area (Å²) in [7, 11) is 2.28. The molecule has 1 N–H and O–H groups in total. The van der Waals surface area contributed by atoms with E-state index in [1.807, 2.05) is 0 Å². The molecule has 0 aliphatic carbocycles. The first kappa shape index (κ1) is 18.7. The Bertz CT molecular complexity index is 390. The van der Waals surface area contributed by atoms with Crippen LogP contribution in [0.15, 0.2) is 0 Å². The van der Waals surface area contributed by atoms with Crippen LogP contribution in [0.25, 0.3) is 0 Å². The average Bonchev–Trinajstić information content (AvgIpc) is 2.42. The Morgan fingerprint density at radius 3 is 1.67 bits per heavy atom. The normalized spacial score (nSPS) is 9.95. The van der Waals surface area contributed by atoms with E-state index in [2.05, 4.69) is 9.47 Å². The van der Waals surface area contributed by atoms with Gasteiger partial charge in [-0.15, -0.1) is 0 Å². The molecule has 0 spiro atoms. The van der Waals surface area contributed by atoms with E-state index >= 15 is 0 Å². The molecule has 0 atom stereocenters. The molecule has 0 aliphatic rings. The Kier molecular flexibility index (Phi) is 7.80. The van der Waals surface area contributed by atoms with Gasteiger partial charge >= 0.3 is 23.9 Å². The van der Waals surface area contributed by atoms with Gasteiger partial charge in [0.2, 0.25) is 0 Å². The number of esters is 2. The van der Waals surface area contributed by atoms with Gasteiger partial charge in [0, 0.05) is 6.04 Å². The first-order valence-corrected chi connectivity index (χ1v) is 6.13. The topological polar surface area (TPSA) is 113 Å². The zero-order chi connectivity index (χ0) is 16.6. The molecule has 0 aromatic heterocycles. The number of aliphatic carboxylic acids is 1. The number of carbonyl (C=O) groups excluding carboxylic acids is 3. The third-order valence-electron chi connectivity index (χ3n) is 2.54. The first-order chi connectivity index (χ1) is 9.72. The van der Waals surface area contributed by atoms with E-state index in [1.165, 1.54) is 0 Å². The molecule has 0 aliphatic heterocycles. The number of methoxy groups -OCH3 is 2. The monoisotopic (exact) mass is 304 g/mol. The summed E-state index contributed by atoms with van der Waals surface area (Å²) in [6, 6.07) is -1.19. The van der Waals surface area contributed by atoms with E-state index < -0.39 is 49.6 Å². The number of nitrogens with zero attached hydrogens (tertiary/aromatic N) is 2. The summed E-state index contributed by atoms with van der Waals surface area (Å²) in [6.45, 7) is 1.74. The fourth-order valence-corrected chi connectivity index (χ4v) is 1.43. The van der Waals surface area contributed by atoms with Crippen LogP contribution < -0.4 is 0 Å². The number of amides is 2. The van der Waals surface area contributed by atoms with Crippen molar-refractivity contribution >= 4 is 23.9 Å². The second-order valence-electron chi connectivity index (χ2n) is 4.41. The Labute approximate surface area is 122 Å². The van der Waals surface area contributed by atoms with E-state index in [-0.39, 0.29) is 0 Å². The molecule has 0 radical (unpaired) electrons. The fourth-order valence-electron chi connectivity index (χ4n) is 1.43. The molecule has 0 saturated carbocycles. The van der Waals surface area contributed by atoms with Crippen LogP contribution in [0.5, 0.6) is 0 Å². The van der Waals surface area contributed by atoms with Gasteiger partial charge in [0.15, 0.2) is 0 Å². The van der Waals surface area contributed by atoms with Crippen molar-refractivity contribution in [2.75, 3.05) is 33.9 Å². The lowest BCUT2D eigenvalue weighted by atomic mass is 10.3. The number of rotatable bonds is 7. The molecule has 120 valence electrons. The Morgan fingerprint density at radius 2 is 1.38 bits per heavy atom. The van der Waals surface area contributed by atoms with E-state index in [0.717, 1.165) is 24.0 Å². The molecule has 0 aromatic carbocycles. The molecule has 0 fully saturated rings. The lowest BCUT2D eigenvalue weighted by molar-refractivity contribution is -0.144. The highest BCUT2D eigenvalue weighted by molar-refractivity contribution is 5.87. The molecule has 0 heterocycles. The van der Waals surface area contributed by atoms with Gasteiger partial charge in [-0.3, -0.25) is 14.4 Å². The van der Waals surface area contributed by atoms with Crippen LogP contribution in [0.3, 0.4) is 0 Å². The van der Waals surface area contributed by atoms with Gasteiger partial charge in [0.1, 0.15) is 19.6 Å². The zero-order valence-corrected chi connectivity index (χ0v) is 12.5. The third-order valence-corrected chi connectivity index (χ3v) is 2.54. The SMILES string of the molecule is COC(=O)CN(CC(=O)OC)C(=O)N(CC(=O)O)C(C)C. The standard InChI is InChI=1S/C12H20N2O7/c1-8(2)14(5-9(15)16)12(19)13(6-10(17)20-3)7-11(18)21-4/h8H,5-7H2,1-4H3,(H,15,16). The molecule has 0 aromatic rings. The molecule has 0 saturated heterocycles.